The lowest BCUT2D eigenvalue weighted by Gasteiger charge is -2.19. The number of hydrogen-bond acceptors (Lipinski definition) is 3. The number of nitrogens with zero attached hydrogens (tertiary/aromatic N) is 1. The standard InChI is InChI=1S/C9H18N2O2/c1-9(2,3)13-8(12)11-7-5-6-10-4/h4-7H2,1-3H3,(H,11,12). The van der Waals surface area contributed by atoms with Crippen LogP contribution in [0.1, 0.15) is 27.2 Å². The zero-order valence-electron chi connectivity index (χ0n) is 8.59. The van der Waals surface area contributed by atoms with Gasteiger partial charge in [0, 0.05) is 13.1 Å². The predicted octanol–water partition coefficient (Wildman–Crippen LogP) is 1.60. The maximum absolute atomic E-state index is 11.0. The molecular formula is C9H18N2O2. The molecule has 4 nitrogen and oxygen atoms in total. The van der Waals surface area contributed by atoms with E-state index in [1.54, 1.807) is 0 Å². The summed E-state index contributed by atoms with van der Waals surface area (Å²) in [6, 6.07) is 0. The minimum absolute atomic E-state index is 0.378. The highest BCUT2D eigenvalue weighted by Gasteiger charge is 2.15. The van der Waals surface area contributed by atoms with Crippen molar-refractivity contribution >= 4 is 12.8 Å². The molecule has 0 aliphatic heterocycles. The Morgan fingerprint density at radius 2 is 2.15 bits per heavy atom. The summed E-state index contributed by atoms with van der Waals surface area (Å²) in [5.41, 5.74) is -0.430. The van der Waals surface area contributed by atoms with Crippen molar-refractivity contribution < 1.29 is 9.53 Å². The molecule has 0 rings (SSSR count). The van der Waals surface area contributed by atoms with E-state index in [1.165, 1.54) is 0 Å². The summed E-state index contributed by atoms with van der Waals surface area (Å²) in [7, 11) is 0. The molecule has 0 aromatic carbocycles. The molecule has 1 N–H and O–H groups in total. The SMILES string of the molecule is C=NCCCNC(=O)OC(C)(C)C. The molecule has 0 aromatic heterocycles. The van der Waals surface area contributed by atoms with Crippen molar-refractivity contribution in [1.29, 1.82) is 0 Å². The van der Waals surface area contributed by atoms with E-state index < -0.39 is 5.60 Å². The molecule has 0 spiro atoms. The maximum Gasteiger partial charge on any atom is 0.407 e. The Morgan fingerprint density at radius 1 is 1.54 bits per heavy atom. The Kier molecular flexibility index (Phi) is 5.11. The summed E-state index contributed by atoms with van der Waals surface area (Å²) in [6.07, 6.45) is 0.416. The summed E-state index contributed by atoms with van der Waals surface area (Å²) in [6.45, 7) is 10.1. The van der Waals surface area contributed by atoms with Gasteiger partial charge in [-0.25, -0.2) is 4.79 Å². The topological polar surface area (TPSA) is 50.7 Å². The number of ether oxygens (including phenoxy) is 1. The number of aliphatic imine (C=N–C) groups is 1. The van der Waals surface area contributed by atoms with Crippen LogP contribution in [-0.2, 0) is 4.74 Å². The Morgan fingerprint density at radius 3 is 2.62 bits per heavy atom. The van der Waals surface area contributed by atoms with Crippen molar-refractivity contribution in [1.82, 2.24) is 5.32 Å². The monoisotopic (exact) mass is 186 g/mol. The van der Waals surface area contributed by atoms with Crippen LogP contribution < -0.4 is 5.32 Å². The highest BCUT2D eigenvalue weighted by Crippen LogP contribution is 2.06. The molecule has 0 aliphatic rings. The second-order valence-electron chi connectivity index (χ2n) is 3.73. The normalized spacial score (nSPS) is 10.7. The average Bonchev–Trinajstić information content (AvgIpc) is 1.94. The first-order valence-electron chi connectivity index (χ1n) is 4.35. The highest BCUT2D eigenvalue weighted by atomic mass is 16.6. The summed E-state index contributed by atoms with van der Waals surface area (Å²) >= 11 is 0. The van der Waals surface area contributed by atoms with Crippen LogP contribution in [0.3, 0.4) is 0 Å². The van der Waals surface area contributed by atoms with Crippen LogP contribution in [0.5, 0.6) is 0 Å². The lowest BCUT2D eigenvalue weighted by Crippen LogP contribution is -2.33. The van der Waals surface area contributed by atoms with Gasteiger partial charge in [0.25, 0.3) is 0 Å². The smallest absolute Gasteiger partial charge is 0.407 e. The van der Waals surface area contributed by atoms with Crippen LogP contribution in [0.25, 0.3) is 0 Å². The molecule has 0 fully saturated rings. The minimum Gasteiger partial charge on any atom is -0.444 e. The van der Waals surface area contributed by atoms with Crippen LogP contribution in [0.15, 0.2) is 4.99 Å². The predicted molar refractivity (Wildman–Crippen MR) is 53.3 cm³/mol. The van der Waals surface area contributed by atoms with Crippen molar-refractivity contribution in [3.05, 3.63) is 0 Å². The van der Waals surface area contributed by atoms with Gasteiger partial charge in [0.2, 0.25) is 0 Å². The van der Waals surface area contributed by atoms with E-state index in [2.05, 4.69) is 17.0 Å². The van der Waals surface area contributed by atoms with Crippen LogP contribution in [0.4, 0.5) is 4.79 Å². The Hall–Kier alpha value is -1.06. The first-order valence-corrected chi connectivity index (χ1v) is 4.35. The number of alkyl carbamates (subject to hydrolysis) is 1. The van der Waals surface area contributed by atoms with Crippen molar-refractivity contribution in [2.45, 2.75) is 32.8 Å². The van der Waals surface area contributed by atoms with Gasteiger partial charge in [-0.3, -0.25) is 0 Å². The van der Waals surface area contributed by atoms with Crippen LogP contribution >= 0.6 is 0 Å². The molecular weight excluding hydrogens is 168 g/mol. The third kappa shape index (κ3) is 8.85. The molecule has 1 amide bonds. The van der Waals surface area contributed by atoms with Gasteiger partial charge in [-0.15, -0.1) is 0 Å². The number of amides is 1. The van der Waals surface area contributed by atoms with E-state index in [4.69, 9.17) is 4.74 Å². The molecule has 0 bridgehead atoms. The molecule has 0 saturated heterocycles. The minimum atomic E-state index is -0.430. The van der Waals surface area contributed by atoms with Gasteiger partial charge in [-0.05, 0) is 33.9 Å². The number of hydrogen-bond donors (Lipinski definition) is 1. The van der Waals surface area contributed by atoms with E-state index in [1.807, 2.05) is 20.8 Å². The number of rotatable bonds is 4. The number of carbonyl (C=O) groups excluding carboxylic acids is 1. The van der Waals surface area contributed by atoms with E-state index in [0.29, 0.717) is 13.1 Å². The van der Waals surface area contributed by atoms with Crippen molar-refractivity contribution in [3.8, 4) is 0 Å². The largest absolute Gasteiger partial charge is 0.444 e. The van der Waals surface area contributed by atoms with Gasteiger partial charge in [0.15, 0.2) is 0 Å². The zero-order chi connectivity index (χ0) is 10.3. The molecule has 13 heavy (non-hydrogen) atoms. The van der Waals surface area contributed by atoms with Gasteiger partial charge in [0.05, 0.1) is 0 Å². The summed E-state index contributed by atoms with van der Waals surface area (Å²) < 4.78 is 5.02. The number of nitrogens with one attached hydrogen (secondary N) is 1. The second-order valence-corrected chi connectivity index (χ2v) is 3.73. The lowest BCUT2D eigenvalue weighted by molar-refractivity contribution is 0.0527. The third-order valence-electron chi connectivity index (χ3n) is 1.16. The Bertz CT molecular complexity index is 173. The molecule has 4 heteroatoms. The fourth-order valence-electron chi connectivity index (χ4n) is 0.695. The van der Waals surface area contributed by atoms with Gasteiger partial charge in [-0.1, -0.05) is 0 Å². The zero-order valence-corrected chi connectivity index (χ0v) is 8.59. The van der Waals surface area contributed by atoms with E-state index in [0.717, 1.165) is 6.42 Å². The van der Waals surface area contributed by atoms with Crippen LogP contribution in [0, 0.1) is 0 Å². The average molecular weight is 186 g/mol. The van der Waals surface area contributed by atoms with Gasteiger partial charge in [0.1, 0.15) is 5.60 Å². The van der Waals surface area contributed by atoms with Crippen molar-refractivity contribution in [2.24, 2.45) is 4.99 Å². The molecule has 0 aliphatic carbocycles. The summed E-state index contributed by atoms with van der Waals surface area (Å²) in [5, 5.41) is 2.63. The fourth-order valence-corrected chi connectivity index (χ4v) is 0.695. The Labute approximate surface area is 79.4 Å². The van der Waals surface area contributed by atoms with Crippen molar-refractivity contribution in [2.75, 3.05) is 13.1 Å². The fraction of sp³-hybridized carbons (Fsp3) is 0.778. The molecule has 0 saturated carbocycles. The van der Waals surface area contributed by atoms with Crippen LogP contribution in [0.2, 0.25) is 0 Å². The quantitative estimate of drug-likeness (QED) is 0.535. The number of carbonyl (C=O) groups is 1. The first-order chi connectivity index (χ1) is 5.95. The third-order valence-corrected chi connectivity index (χ3v) is 1.16. The molecule has 76 valence electrons. The maximum atomic E-state index is 11.0. The first kappa shape index (κ1) is 11.9. The Balaban J connectivity index is 3.47. The lowest BCUT2D eigenvalue weighted by atomic mass is 10.2. The van der Waals surface area contributed by atoms with Gasteiger partial charge in [-0.2, -0.15) is 0 Å². The van der Waals surface area contributed by atoms with Crippen molar-refractivity contribution in [3.63, 3.8) is 0 Å². The molecule has 0 radical (unpaired) electrons. The molecule has 0 aromatic rings. The van der Waals surface area contributed by atoms with E-state index in [-0.39, 0.29) is 6.09 Å². The van der Waals surface area contributed by atoms with Gasteiger partial charge >= 0.3 is 6.09 Å². The molecule has 0 unspecified atom stereocenters. The molecule has 0 atom stereocenters. The van der Waals surface area contributed by atoms with E-state index >= 15 is 0 Å². The molecule has 0 heterocycles. The van der Waals surface area contributed by atoms with E-state index in [9.17, 15) is 4.79 Å². The van der Waals surface area contributed by atoms with Crippen LogP contribution in [-0.4, -0.2) is 31.5 Å². The van der Waals surface area contributed by atoms with Gasteiger partial charge < -0.3 is 15.0 Å². The summed E-state index contributed by atoms with van der Waals surface area (Å²) in [5.74, 6) is 0. The second kappa shape index (κ2) is 5.56. The summed E-state index contributed by atoms with van der Waals surface area (Å²) in [4.78, 5) is 14.7. The highest BCUT2D eigenvalue weighted by molar-refractivity contribution is 5.67.